The molecule has 1 aliphatic carbocycles. The lowest BCUT2D eigenvalue weighted by Gasteiger charge is -2.30. The van der Waals surface area contributed by atoms with E-state index in [0.717, 1.165) is 17.7 Å². The Labute approximate surface area is 103 Å². The van der Waals surface area contributed by atoms with Gasteiger partial charge in [-0.1, -0.05) is 20.3 Å². The fraction of sp³-hybridized carbons (Fsp3) is 0.643. The van der Waals surface area contributed by atoms with Crippen LogP contribution < -0.4 is 5.73 Å². The van der Waals surface area contributed by atoms with Gasteiger partial charge in [-0.15, -0.1) is 0 Å². The van der Waals surface area contributed by atoms with Crippen LogP contribution in [-0.4, -0.2) is 4.57 Å². The minimum absolute atomic E-state index is 0.275. The summed E-state index contributed by atoms with van der Waals surface area (Å²) in [6, 6.07) is 2.66. The van der Waals surface area contributed by atoms with Crippen molar-refractivity contribution in [2.45, 2.75) is 53.0 Å². The summed E-state index contributed by atoms with van der Waals surface area (Å²) in [5, 5.41) is 9.17. The SMILES string of the molecule is Cc1c(C#N)c(N)n(C2CCCC2(C)C)c1C. The van der Waals surface area contributed by atoms with E-state index in [0.29, 0.717) is 17.4 Å². The minimum Gasteiger partial charge on any atom is -0.384 e. The van der Waals surface area contributed by atoms with Gasteiger partial charge in [-0.25, -0.2) is 0 Å². The third kappa shape index (κ3) is 1.63. The van der Waals surface area contributed by atoms with Crippen molar-refractivity contribution in [3.8, 4) is 6.07 Å². The van der Waals surface area contributed by atoms with Gasteiger partial charge in [-0.05, 0) is 37.7 Å². The Kier molecular flexibility index (Phi) is 2.69. The highest BCUT2D eigenvalue weighted by molar-refractivity contribution is 5.58. The van der Waals surface area contributed by atoms with Crippen molar-refractivity contribution in [2.75, 3.05) is 5.73 Å². The van der Waals surface area contributed by atoms with E-state index in [-0.39, 0.29) is 5.41 Å². The number of hydrogen-bond acceptors (Lipinski definition) is 2. The molecular weight excluding hydrogens is 210 g/mol. The monoisotopic (exact) mass is 231 g/mol. The Morgan fingerprint density at radius 2 is 2.06 bits per heavy atom. The van der Waals surface area contributed by atoms with Crippen molar-refractivity contribution in [1.82, 2.24) is 4.57 Å². The number of nitrogens with two attached hydrogens (primary N) is 1. The lowest BCUT2D eigenvalue weighted by Crippen LogP contribution is -2.23. The van der Waals surface area contributed by atoms with E-state index >= 15 is 0 Å². The van der Waals surface area contributed by atoms with Crippen LogP contribution in [0.15, 0.2) is 0 Å². The number of anilines is 1. The molecule has 3 nitrogen and oxygen atoms in total. The first-order valence-electron chi connectivity index (χ1n) is 6.27. The third-order valence-electron chi connectivity index (χ3n) is 4.42. The molecule has 1 unspecified atom stereocenters. The Morgan fingerprint density at radius 1 is 1.41 bits per heavy atom. The van der Waals surface area contributed by atoms with Crippen LogP contribution in [0.1, 0.15) is 56.0 Å². The fourth-order valence-electron chi connectivity index (χ4n) is 3.18. The Morgan fingerprint density at radius 3 is 2.47 bits per heavy atom. The quantitative estimate of drug-likeness (QED) is 0.806. The summed E-state index contributed by atoms with van der Waals surface area (Å²) in [5.74, 6) is 0.655. The lowest BCUT2D eigenvalue weighted by atomic mass is 9.87. The van der Waals surface area contributed by atoms with Crippen LogP contribution in [0.25, 0.3) is 0 Å². The second-order valence-corrected chi connectivity index (χ2v) is 5.85. The molecule has 0 amide bonds. The minimum atomic E-state index is 0.275. The van der Waals surface area contributed by atoms with Gasteiger partial charge in [0, 0.05) is 11.7 Å². The second-order valence-electron chi connectivity index (χ2n) is 5.85. The number of nitriles is 1. The van der Waals surface area contributed by atoms with Crippen molar-refractivity contribution in [2.24, 2.45) is 5.41 Å². The molecule has 17 heavy (non-hydrogen) atoms. The topological polar surface area (TPSA) is 54.7 Å². The molecule has 1 fully saturated rings. The average molecular weight is 231 g/mol. The lowest BCUT2D eigenvalue weighted by molar-refractivity contribution is 0.261. The molecule has 0 spiro atoms. The maximum absolute atomic E-state index is 9.17. The third-order valence-corrected chi connectivity index (χ3v) is 4.42. The number of hydrogen-bond donors (Lipinski definition) is 1. The standard InChI is InChI=1S/C14H21N3/c1-9-10(2)17(13(16)11(9)8-15)12-6-5-7-14(12,3)4/h12H,5-7,16H2,1-4H3. The van der Waals surface area contributed by atoms with Crippen molar-refractivity contribution < 1.29 is 0 Å². The molecule has 1 aromatic heterocycles. The van der Waals surface area contributed by atoms with E-state index in [1.54, 1.807) is 0 Å². The van der Waals surface area contributed by atoms with Crippen LogP contribution >= 0.6 is 0 Å². The largest absolute Gasteiger partial charge is 0.384 e. The van der Waals surface area contributed by atoms with Gasteiger partial charge in [0.05, 0.1) is 5.56 Å². The zero-order chi connectivity index (χ0) is 12.8. The van der Waals surface area contributed by atoms with Crippen molar-refractivity contribution >= 4 is 5.82 Å². The van der Waals surface area contributed by atoms with Crippen molar-refractivity contribution in [3.63, 3.8) is 0 Å². The summed E-state index contributed by atoms with van der Waals surface area (Å²) in [7, 11) is 0. The molecular formula is C14H21N3. The number of rotatable bonds is 1. The molecule has 2 N–H and O–H groups in total. The number of nitrogen functional groups attached to an aromatic ring is 1. The van der Waals surface area contributed by atoms with Crippen LogP contribution in [0, 0.1) is 30.6 Å². The van der Waals surface area contributed by atoms with Gasteiger partial charge < -0.3 is 10.3 Å². The normalized spacial score (nSPS) is 22.6. The molecule has 92 valence electrons. The number of nitrogens with zero attached hydrogens (tertiary/aromatic N) is 2. The zero-order valence-corrected chi connectivity index (χ0v) is 11.2. The molecule has 0 radical (unpaired) electrons. The smallest absolute Gasteiger partial charge is 0.122 e. The molecule has 2 rings (SSSR count). The summed E-state index contributed by atoms with van der Waals surface area (Å²) in [6.45, 7) is 8.65. The average Bonchev–Trinajstić information content (AvgIpc) is 2.68. The summed E-state index contributed by atoms with van der Waals surface area (Å²) >= 11 is 0. The highest BCUT2D eigenvalue weighted by atomic mass is 15.1. The van der Waals surface area contributed by atoms with Gasteiger partial charge in [-0.2, -0.15) is 5.26 Å². The molecule has 3 heteroatoms. The molecule has 0 saturated heterocycles. The predicted molar refractivity (Wildman–Crippen MR) is 69.7 cm³/mol. The summed E-state index contributed by atoms with van der Waals surface area (Å²) in [6.07, 6.45) is 3.64. The van der Waals surface area contributed by atoms with Crippen LogP contribution in [0.5, 0.6) is 0 Å². The van der Waals surface area contributed by atoms with E-state index < -0.39 is 0 Å². The van der Waals surface area contributed by atoms with Gasteiger partial charge in [0.15, 0.2) is 0 Å². The van der Waals surface area contributed by atoms with E-state index in [2.05, 4.69) is 31.4 Å². The predicted octanol–water partition coefficient (Wildman–Crippen LogP) is 3.31. The first-order valence-corrected chi connectivity index (χ1v) is 6.27. The Bertz CT molecular complexity index is 489. The Balaban J connectivity index is 2.58. The van der Waals surface area contributed by atoms with Crippen LogP contribution in [0.4, 0.5) is 5.82 Å². The van der Waals surface area contributed by atoms with Gasteiger partial charge in [-0.3, -0.25) is 0 Å². The summed E-state index contributed by atoms with van der Waals surface area (Å²) < 4.78 is 2.20. The molecule has 0 bridgehead atoms. The van der Waals surface area contributed by atoms with Gasteiger partial charge >= 0.3 is 0 Å². The highest BCUT2D eigenvalue weighted by Crippen LogP contribution is 2.48. The maximum Gasteiger partial charge on any atom is 0.122 e. The molecule has 0 aromatic carbocycles. The summed E-state index contributed by atoms with van der Waals surface area (Å²) in [5.41, 5.74) is 9.28. The highest BCUT2D eigenvalue weighted by Gasteiger charge is 2.37. The molecule has 1 heterocycles. The molecule has 0 aliphatic heterocycles. The Hall–Kier alpha value is -1.43. The van der Waals surface area contributed by atoms with E-state index in [9.17, 15) is 0 Å². The number of aromatic nitrogens is 1. The van der Waals surface area contributed by atoms with E-state index in [1.807, 2.05) is 6.92 Å². The molecule has 1 saturated carbocycles. The molecule has 1 aliphatic rings. The van der Waals surface area contributed by atoms with Gasteiger partial charge in [0.2, 0.25) is 0 Å². The van der Waals surface area contributed by atoms with Gasteiger partial charge in [0.1, 0.15) is 11.9 Å². The van der Waals surface area contributed by atoms with E-state index in [4.69, 9.17) is 11.0 Å². The van der Waals surface area contributed by atoms with E-state index in [1.165, 1.54) is 12.8 Å². The second kappa shape index (κ2) is 3.80. The molecule has 1 aromatic rings. The zero-order valence-electron chi connectivity index (χ0n) is 11.2. The summed E-state index contributed by atoms with van der Waals surface area (Å²) in [4.78, 5) is 0. The first kappa shape index (κ1) is 12.0. The van der Waals surface area contributed by atoms with Crippen molar-refractivity contribution in [3.05, 3.63) is 16.8 Å². The molecule has 1 atom stereocenters. The fourth-order valence-corrected chi connectivity index (χ4v) is 3.18. The van der Waals surface area contributed by atoms with Crippen LogP contribution in [0.2, 0.25) is 0 Å². The van der Waals surface area contributed by atoms with Crippen LogP contribution in [-0.2, 0) is 0 Å². The van der Waals surface area contributed by atoms with Gasteiger partial charge in [0.25, 0.3) is 0 Å². The van der Waals surface area contributed by atoms with Crippen LogP contribution in [0.3, 0.4) is 0 Å². The maximum atomic E-state index is 9.17. The van der Waals surface area contributed by atoms with Crippen molar-refractivity contribution in [1.29, 1.82) is 5.26 Å². The first-order chi connectivity index (χ1) is 7.90.